The van der Waals surface area contributed by atoms with Gasteiger partial charge in [0.15, 0.2) is 0 Å². The standard InChI is InChI=1S/C11H12F9IO/c12-8(13,6-7(21)4-2-1-3-5-22)9(14,15)10(16,17)11(18,19)20/h6,22H,1-5H2. The highest BCUT2D eigenvalue weighted by Gasteiger charge is 2.81. The van der Waals surface area contributed by atoms with E-state index in [1.807, 2.05) is 0 Å². The lowest BCUT2D eigenvalue weighted by Gasteiger charge is -2.32. The molecule has 0 fully saturated rings. The van der Waals surface area contributed by atoms with Gasteiger partial charge >= 0.3 is 23.9 Å². The van der Waals surface area contributed by atoms with Crippen LogP contribution in [0.2, 0.25) is 0 Å². The van der Waals surface area contributed by atoms with Crippen molar-refractivity contribution in [2.24, 2.45) is 0 Å². The third-order valence-corrected chi connectivity index (χ3v) is 3.43. The predicted molar refractivity (Wildman–Crippen MR) is 68.6 cm³/mol. The molecule has 0 bridgehead atoms. The topological polar surface area (TPSA) is 20.2 Å². The number of allylic oxidation sites excluding steroid dienone is 2. The van der Waals surface area contributed by atoms with Crippen molar-refractivity contribution in [1.82, 2.24) is 0 Å². The summed E-state index contributed by atoms with van der Waals surface area (Å²) in [6, 6.07) is 0. The minimum atomic E-state index is -6.87. The number of alkyl halides is 9. The molecule has 0 saturated heterocycles. The highest BCUT2D eigenvalue weighted by molar-refractivity contribution is 14.1. The van der Waals surface area contributed by atoms with Crippen molar-refractivity contribution in [3.8, 4) is 0 Å². The summed E-state index contributed by atoms with van der Waals surface area (Å²) in [5.74, 6) is -19.1. The van der Waals surface area contributed by atoms with Crippen molar-refractivity contribution in [1.29, 1.82) is 0 Å². The molecule has 1 N–H and O–H groups in total. The van der Waals surface area contributed by atoms with Crippen molar-refractivity contribution in [2.45, 2.75) is 49.6 Å². The molecule has 11 heteroatoms. The lowest BCUT2D eigenvalue weighted by molar-refractivity contribution is -0.388. The maximum absolute atomic E-state index is 13.2. The number of rotatable bonds is 8. The van der Waals surface area contributed by atoms with E-state index in [0.29, 0.717) is 12.8 Å². The minimum absolute atomic E-state index is 0.174. The smallest absolute Gasteiger partial charge is 0.396 e. The van der Waals surface area contributed by atoms with Crippen molar-refractivity contribution in [3.63, 3.8) is 0 Å². The van der Waals surface area contributed by atoms with Crippen LogP contribution in [-0.4, -0.2) is 35.7 Å². The summed E-state index contributed by atoms with van der Waals surface area (Å²) in [4.78, 5) is 0. The van der Waals surface area contributed by atoms with Gasteiger partial charge in [-0.3, -0.25) is 0 Å². The Morgan fingerprint density at radius 3 is 1.73 bits per heavy atom. The number of aliphatic hydroxyl groups is 1. The van der Waals surface area contributed by atoms with Gasteiger partial charge in [-0.25, -0.2) is 0 Å². The molecule has 22 heavy (non-hydrogen) atoms. The molecule has 0 saturated carbocycles. The number of aliphatic hydroxyl groups excluding tert-OH is 1. The summed E-state index contributed by atoms with van der Waals surface area (Å²) >= 11 is 1.17. The average molecular weight is 458 g/mol. The number of unbranched alkanes of at least 4 members (excludes halogenated alkanes) is 2. The molecule has 0 aromatic carbocycles. The molecule has 132 valence electrons. The van der Waals surface area contributed by atoms with Crippen molar-refractivity contribution < 1.29 is 44.6 Å². The van der Waals surface area contributed by atoms with E-state index in [0.717, 1.165) is 0 Å². The van der Waals surface area contributed by atoms with Crippen LogP contribution in [0.3, 0.4) is 0 Å². The summed E-state index contributed by atoms with van der Waals surface area (Å²) in [7, 11) is 0. The van der Waals surface area contributed by atoms with E-state index in [2.05, 4.69) is 0 Å². The molecule has 0 aliphatic heterocycles. The van der Waals surface area contributed by atoms with Crippen molar-refractivity contribution >= 4 is 22.6 Å². The Hall–Kier alpha value is -0.200. The van der Waals surface area contributed by atoms with Gasteiger partial charge in [-0.2, -0.15) is 39.5 Å². The molecule has 0 amide bonds. The molecular weight excluding hydrogens is 446 g/mol. The first-order valence-electron chi connectivity index (χ1n) is 5.89. The van der Waals surface area contributed by atoms with Gasteiger partial charge in [0, 0.05) is 12.7 Å². The highest BCUT2D eigenvalue weighted by Crippen LogP contribution is 2.53. The second-order valence-corrected chi connectivity index (χ2v) is 5.78. The number of hydrogen-bond donors (Lipinski definition) is 1. The molecule has 0 spiro atoms. The monoisotopic (exact) mass is 458 g/mol. The second-order valence-electron chi connectivity index (χ2n) is 4.39. The average Bonchev–Trinajstić information content (AvgIpc) is 2.32. The summed E-state index contributed by atoms with van der Waals surface area (Å²) < 4.78 is 113. The molecular formula is C11H12F9IO. The molecule has 0 rings (SSSR count). The Kier molecular flexibility index (Phi) is 7.51. The molecule has 0 heterocycles. The fourth-order valence-electron chi connectivity index (χ4n) is 1.33. The lowest BCUT2D eigenvalue weighted by atomic mass is 10.0. The molecule has 0 aromatic heterocycles. The summed E-state index contributed by atoms with van der Waals surface area (Å²) in [6.07, 6.45) is -6.72. The maximum atomic E-state index is 13.2. The van der Waals surface area contributed by atoms with E-state index in [9.17, 15) is 39.5 Å². The van der Waals surface area contributed by atoms with E-state index < -0.39 is 33.6 Å². The quantitative estimate of drug-likeness (QED) is 0.297. The lowest BCUT2D eigenvalue weighted by Crippen LogP contribution is -2.60. The summed E-state index contributed by atoms with van der Waals surface area (Å²) in [6.45, 7) is -0.174. The van der Waals surface area contributed by atoms with Crippen molar-refractivity contribution in [3.05, 3.63) is 9.66 Å². The zero-order valence-electron chi connectivity index (χ0n) is 10.8. The third kappa shape index (κ3) is 4.90. The van der Waals surface area contributed by atoms with Crippen LogP contribution in [0, 0.1) is 0 Å². The van der Waals surface area contributed by atoms with Crippen LogP contribution in [0.1, 0.15) is 25.7 Å². The highest BCUT2D eigenvalue weighted by atomic mass is 127. The van der Waals surface area contributed by atoms with E-state index >= 15 is 0 Å². The first-order valence-corrected chi connectivity index (χ1v) is 6.97. The predicted octanol–water partition coefficient (Wildman–Crippen LogP) is 5.33. The first kappa shape index (κ1) is 21.8. The van der Waals surface area contributed by atoms with Crippen LogP contribution < -0.4 is 0 Å². The van der Waals surface area contributed by atoms with Gasteiger partial charge in [-0.15, -0.1) is 0 Å². The van der Waals surface area contributed by atoms with Gasteiger partial charge in [0.25, 0.3) is 0 Å². The Balaban J connectivity index is 5.19. The van der Waals surface area contributed by atoms with Gasteiger partial charge in [-0.05, 0) is 45.4 Å². The zero-order valence-corrected chi connectivity index (χ0v) is 13.0. The van der Waals surface area contributed by atoms with Crippen LogP contribution in [0.25, 0.3) is 0 Å². The van der Waals surface area contributed by atoms with Crippen LogP contribution in [-0.2, 0) is 0 Å². The Bertz CT molecular complexity index is 390. The molecule has 0 aliphatic carbocycles. The number of hydrogen-bond acceptors (Lipinski definition) is 1. The summed E-state index contributed by atoms with van der Waals surface area (Å²) in [5, 5.41) is 8.46. The largest absolute Gasteiger partial charge is 0.460 e. The molecule has 0 atom stereocenters. The first-order chi connectivity index (χ1) is 9.70. The van der Waals surface area contributed by atoms with Gasteiger partial charge < -0.3 is 5.11 Å². The van der Waals surface area contributed by atoms with E-state index in [4.69, 9.17) is 5.11 Å². The maximum Gasteiger partial charge on any atom is 0.460 e. The van der Waals surface area contributed by atoms with Crippen LogP contribution in [0.15, 0.2) is 9.66 Å². The van der Waals surface area contributed by atoms with Gasteiger partial charge in [0.05, 0.1) is 0 Å². The van der Waals surface area contributed by atoms with Gasteiger partial charge in [-0.1, -0.05) is 6.42 Å². The Labute approximate surface area is 133 Å². The van der Waals surface area contributed by atoms with E-state index in [1.54, 1.807) is 0 Å². The van der Waals surface area contributed by atoms with Crippen LogP contribution in [0.4, 0.5) is 39.5 Å². The zero-order chi connectivity index (χ0) is 17.8. The van der Waals surface area contributed by atoms with Gasteiger partial charge in [0.1, 0.15) is 0 Å². The van der Waals surface area contributed by atoms with Gasteiger partial charge in [0.2, 0.25) is 0 Å². The fraction of sp³-hybridized carbons (Fsp3) is 0.818. The Morgan fingerprint density at radius 2 is 1.32 bits per heavy atom. The molecule has 0 aliphatic rings. The van der Waals surface area contributed by atoms with E-state index in [1.165, 1.54) is 22.6 Å². The van der Waals surface area contributed by atoms with Crippen molar-refractivity contribution in [2.75, 3.05) is 6.61 Å². The Morgan fingerprint density at radius 1 is 0.818 bits per heavy atom. The molecule has 1 nitrogen and oxygen atoms in total. The summed E-state index contributed by atoms with van der Waals surface area (Å²) in [5.41, 5.74) is 0. The molecule has 0 unspecified atom stereocenters. The van der Waals surface area contributed by atoms with E-state index in [-0.39, 0.29) is 19.4 Å². The third-order valence-electron chi connectivity index (χ3n) is 2.58. The minimum Gasteiger partial charge on any atom is -0.396 e. The fourth-order valence-corrected chi connectivity index (χ4v) is 2.10. The number of halogens is 10. The van der Waals surface area contributed by atoms with Crippen LogP contribution in [0.5, 0.6) is 0 Å². The normalized spacial score (nSPS) is 15.3. The van der Waals surface area contributed by atoms with Crippen LogP contribution >= 0.6 is 22.6 Å². The SMILES string of the molecule is OCCCCCC(I)=CC(F)(F)C(F)(F)C(F)(F)C(F)(F)F. The molecule has 0 aromatic rings. The second kappa shape index (κ2) is 7.58. The molecule has 0 radical (unpaired) electrons.